The quantitative estimate of drug-likeness (QED) is 0.379. The third-order valence-electron chi connectivity index (χ3n) is 2.84. The smallest absolute Gasteiger partial charge is 0.170 e. The molecule has 4 nitrogen and oxygen atoms in total. The van der Waals surface area contributed by atoms with Gasteiger partial charge in [-0.25, -0.2) is 0 Å². The molecule has 3 N–H and O–H groups in total. The Morgan fingerprint density at radius 3 is 2.50 bits per heavy atom. The average Bonchev–Trinajstić information content (AvgIpc) is 2.82. The van der Waals surface area contributed by atoms with Crippen LogP contribution in [0.1, 0.15) is 21.6 Å². The van der Waals surface area contributed by atoms with Crippen molar-refractivity contribution in [2.24, 2.45) is 10.9 Å². The molecule has 1 aromatic carbocycles. The molecule has 1 aromatic heterocycles. The van der Waals surface area contributed by atoms with Crippen LogP contribution in [0.2, 0.25) is 0 Å². The number of nitrogens with zero attached hydrogens (tertiary/aromatic N) is 1. The van der Waals surface area contributed by atoms with Crippen molar-refractivity contribution >= 4 is 33.1 Å². The van der Waals surface area contributed by atoms with E-state index < -0.39 is 0 Å². The Morgan fingerprint density at radius 2 is 2.00 bits per heavy atom. The summed E-state index contributed by atoms with van der Waals surface area (Å²) in [5, 5.41) is 13.8. The molecule has 0 atom stereocenters. The summed E-state index contributed by atoms with van der Waals surface area (Å²) < 4.78 is 6.95. The second kappa shape index (κ2) is 6.28. The number of thiophene rings is 1. The van der Waals surface area contributed by atoms with E-state index in [9.17, 15) is 0 Å². The van der Waals surface area contributed by atoms with Crippen LogP contribution in [0.25, 0.3) is 0 Å². The Kier molecular flexibility index (Phi) is 4.67. The third kappa shape index (κ3) is 3.32. The molecule has 0 unspecified atom stereocenters. The molecular formula is C14H15BrN2O2S. The van der Waals surface area contributed by atoms with Crippen molar-refractivity contribution in [1.29, 1.82) is 0 Å². The second-order valence-electron chi connectivity index (χ2n) is 4.44. The lowest BCUT2D eigenvalue weighted by Crippen LogP contribution is -2.14. The highest BCUT2D eigenvalue weighted by Gasteiger charge is 2.09. The normalized spacial score (nSPS) is 11.7. The van der Waals surface area contributed by atoms with Gasteiger partial charge >= 0.3 is 0 Å². The topological polar surface area (TPSA) is 67.8 Å². The summed E-state index contributed by atoms with van der Waals surface area (Å²) in [6, 6.07) is 5.74. The van der Waals surface area contributed by atoms with Crippen molar-refractivity contribution < 1.29 is 9.94 Å². The first kappa shape index (κ1) is 14.9. The van der Waals surface area contributed by atoms with Crippen molar-refractivity contribution in [2.75, 3.05) is 0 Å². The highest BCUT2D eigenvalue weighted by molar-refractivity contribution is 9.10. The first-order chi connectivity index (χ1) is 9.51. The first-order valence-electron chi connectivity index (χ1n) is 5.96. The first-order valence-corrected chi connectivity index (χ1v) is 7.63. The Hall–Kier alpha value is -1.53. The molecule has 106 valence electrons. The van der Waals surface area contributed by atoms with Crippen LogP contribution >= 0.6 is 27.3 Å². The zero-order valence-electron chi connectivity index (χ0n) is 11.2. The Bertz CT molecular complexity index is 629. The molecule has 0 spiro atoms. The number of hydrogen-bond donors (Lipinski definition) is 2. The van der Waals surface area contributed by atoms with Crippen molar-refractivity contribution in [3.8, 4) is 5.75 Å². The van der Waals surface area contributed by atoms with Crippen LogP contribution < -0.4 is 10.5 Å². The van der Waals surface area contributed by atoms with Crippen LogP contribution in [0.3, 0.4) is 0 Å². The molecule has 6 heteroatoms. The van der Waals surface area contributed by atoms with Crippen molar-refractivity contribution in [3.05, 3.63) is 49.6 Å². The number of oxime groups is 1. The molecule has 0 radical (unpaired) electrons. The molecule has 0 fully saturated rings. The van der Waals surface area contributed by atoms with Crippen molar-refractivity contribution in [3.63, 3.8) is 0 Å². The molecule has 0 saturated heterocycles. The fraction of sp³-hybridized carbons (Fsp3) is 0.214. The Morgan fingerprint density at radius 1 is 1.35 bits per heavy atom. The molecule has 0 amide bonds. The van der Waals surface area contributed by atoms with E-state index in [-0.39, 0.29) is 5.84 Å². The number of hydrogen-bond acceptors (Lipinski definition) is 4. The maximum atomic E-state index is 8.72. The van der Waals surface area contributed by atoms with Crippen LogP contribution in [0.4, 0.5) is 0 Å². The Balaban J connectivity index is 2.20. The lowest BCUT2D eigenvalue weighted by atomic mass is 10.1. The second-order valence-corrected chi connectivity index (χ2v) is 6.36. The van der Waals surface area contributed by atoms with Gasteiger partial charge in [0.1, 0.15) is 12.4 Å². The van der Waals surface area contributed by atoms with E-state index in [0.29, 0.717) is 12.2 Å². The highest BCUT2D eigenvalue weighted by Crippen LogP contribution is 2.27. The van der Waals surface area contributed by atoms with E-state index in [1.165, 1.54) is 0 Å². The van der Waals surface area contributed by atoms with Crippen LogP contribution in [-0.2, 0) is 6.61 Å². The number of nitrogens with two attached hydrogens (primary N) is 1. The number of amidine groups is 1. The van der Waals surface area contributed by atoms with Gasteiger partial charge in [-0.1, -0.05) is 5.16 Å². The van der Waals surface area contributed by atoms with Gasteiger partial charge in [0.05, 0.1) is 0 Å². The lowest BCUT2D eigenvalue weighted by molar-refractivity contribution is 0.305. The average molecular weight is 355 g/mol. The van der Waals surface area contributed by atoms with Crippen LogP contribution in [0.15, 0.2) is 33.2 Å². The summed E-state index contributed by atoms with van der Waals surface area (Å²) in [5.74, 6) is 0.939. The van der Waals surface area contributed by atoms with Crippen LogP contribution in [0.5, 0.6) is 5.75 Å². The van der Waals surface area contributed by atoms with Crippen molar-refractivity contribution in [2.45, 2.75) is 20.5 Å². The molecule has 0 bridgehead atoms. The molecule has 2 rings (SSSR count). The van der Waals surface area contributed by atoms with Gasteiger partial charge in [0, 0.05) is 20.3 Å². The SMILES string of the molecule is Cc1cc(C(N)=NO)cc(C)c1OCc1cc(Br)cs1. The summed E-state index contributed by atoms with van der Waals surface area (Å²) in [5.41, 5.74) is 8.21. The number of ether oxygens (including phenoxy) is 1. The number of halogens is 1. The van der Waals surface area contributed by atoms with Crippen LogP contribution in [-0.4, -0.2) is 11.0 Å². The summed E-state index contributed by atoms with van der Waals surface area (Å²) >= 11 is 5.07. The summed E-state index contributed by atoms with van der Waals surface area (Å²) in [7, 11) is 0. The largest absolute Gasteiger partial charge is 0.488 e. The molecule has 20 heavy (non-hydrogen) atoms. The van der Waals surface area contributed by atoms with E-state index in [1.807, 2.05) is 37.4 Å². The highest BCUT2D eigenvalue weighted by atomic mass is 79.9. The van der Waals surface area contributed by atoms with Gasteiger partial charge in [-0.3, -0.25) is 0 Å². The number of benzene rings is 1. The molecule has 0 aliphatic carbocycles. The molecule has 0 aliphatic rings. The Labute approximate surface area is 130 Å². The zero-order chi connectivity index (χ0) is 14.7. The van der Waals surface area contributed by atoms with Gasteiger partial charge in [0.25, 0.3) is 0 Å². The maximum Gasteiger partial charge on any atom is 0.170 e. The monoisotopic (exact) mass is 354 g/mol. The number of aryl methyl sites for hydroxylation is 2. The summed E-state index contributed by atoms with van der Waals surface area (Å²) in [6.45, 7) is 4.42. The fourth-order valence-electron chi connectivity index (χ4n) is 1.96. The van der Waals surface area contributed by atoms with E-state index in [2.05, 4.69) is 21.1 Å². The molecule has 2 aromatic rings. The van der Waals surface area contributed by atoms with Gasteiger partial charge in [0.2, 0.25) is 0 Å². The van der Waals surface area contributed by atoms with E-state index in [0.717, 1.165) is 26.2 Å². The van der Waals surface area contributed by atoms with Gasteiger partial charge in [-0.05, 0) is 59.1 Å². The van der Waals surface area contributed by atoms with Crippen LogP contribution in [0, 0.1) is 13.8 Å². The van der Waals surface area contributed by atoms with Gasteiger partial charge in [-0.2, -0.15) is 0 Å². The third-order valence-corrected chi connectivity index (χ3v) is 4.52. The molecule has 1 heterocycles. The van der Waals surface area contributed by atoms with Gasteiger partial charge in [-0.15, -0.1) is 11.3 Å². The summed E-state index contributed by atoms with van der Waals surface area (Å²) in [6.07, 6.45) is 0. The predicted molar refractivity (Wildman–Crippen MR) is 84.8 cm³/mol. The minimum Gasteiger partial charge on any atom is -0.488 e. The minimum atomic E-state index is 0.102. The molecule has 0 saturated carbocycles. The van der Waals surface area contributed by atoms with Crippen molar-refractivity contribution in [1.82, 2.24) is 0 Å². The van der Waals surface area contributed by atoms with E-state index in [1.54, 1.807) is 11.3 Å². The lowest BCUT2D eigenvalue weighted by Gasteiger charge is -2.13. The standard InChI is InChI=1S/C14H15BrN2O2S/c1-8-3-10(14(16)17-18)4-9(2)13(8)19-6-12-5-11(15)7-20-12/h3-5,7,18H,6H2,1-2H3,(H2,16,17). The zero-order valence-corrected chi connectivity index (χ0v) is 13.6. The fourth-order valence-corrected chi connectivity index (χ4v) is 3.32. The summed E-state index contributed by atoms with van der Waals surface area (Å²) in [4.78, 5) is 1.15. The molecule has 0 aliphatic heterocycles. The van der Waals surface area contributed by atoms with Gasteiger partial charge < -0.3 is 15.7 Å². The maximum absolute atomic E-state index is 8.72. The van der Waals surface area contributed by atoms with Gasteiger partial charge in [0.15, 0.2) is 5.84 Å². The molecular weight excluding hydrogens is 340 g/mol. The van der Waals surface area contributed by atoms with E-state index in [4.69, 9.17) is 15.7 Å². The minimum absolute atomic E-state index is 0.102. The predicted octanol–water partition coefficient (Wildman–Crippen LogP) is 3.80. The van der Waals surface area contributed by atoms with E-state index >= 15 is 0 Å². The number of rotatable bonds is 4.